The molecular formula is C18H27BrN2O2. The van der Waals surface area contributed by atoms with Crippen molar-refractivity contribution in [3.05, 3.63) is 22.3 Å². The lowest BCUT2D eigenvalue weighted by Gasteiger charge is -2.20. The van der Waals surface area contributed by atoms with Crippen LogP contribution < -0.4 is 9.57 Å². The Morgan fingerprint density at radius 1 is 1.17 bits per heavy atom. The number of nitrogens with zero attached hydrogens (tertiary/aromatic N) is 2. The summed E-state index contributed by atoms with van der Waals surface area (Å²) in [6, 6.07) is 4.10. The van der Waals surface area contributed by atoms with Crippen LogP contribution in [0, 0.1) is 0 Å². The summed E-state index contributed by atoms with van der Waals surface area (Å²) < 4.78 is 6.65. The van der Waals surface area contributed by atoms with E-state index < -0.39 is 0 Å². The highest BCUT2D eigenvalue weighted by molar-refractivity contribution is 9.10. The average Bonchev–Trinajstić information content (AvgIpc) is 2.75. The third kappa shape index (κ3) is 4.63. The lowest BCUT2D eigenvalue weighted by Crippen LogP contribution is -2.32. The monoisotopic (exact) mass is 382 g/mol. The molecule has 0 saturated carbocycles. The van der Waals surface area contributed by atoms with E-state index in [1.807, 2.05) is 33.8 Å². The molecule has 0 aliphatic rings. The lowest BCUT2D eigenvalue weighted by molar-refractivity contribution is -0.0274. The molecule has 0 radical (unpaired) electrons. The number of hydrogen-bond donors (Lipinski definition) is 0. The van der Waals surface area contributed by atoms with Gasteiger partial charge in [0.15, 0.2) is 0 Å². The molecule has 0 unspecified atom stereocenters. The van der Waals surface area contributed by atoms with Gasteiger partial charge in [-0.05, 0) is 62.5 Å². The van der Waals surface area contributed by atoms with Crippen molar-refractivity contribution in [3.63, 3.8) is 0 Å². The average molecular weight is 383 g/mol. The third-order valence-electron chi connectivity index (χ3n) is 3.46. The van der Waals surface area contributed by atoms with Crippen molar-refractivity contribution in [1.29, 1.82) is 0 Å². The minimum atomic E-state index is -0.307. The van der Waals surface area contributed by atoms with Crippen LogP contribution in [-0.2, 0) is 6.42 Å². The van der Waals surface area contributed by atoms with Crippen LogP contribution in [0.15, 0.2) is 16.6 Å². The zero-order valence-electron chi connectivity index (χ0n) is 14.8. The van der Waals surface area contributed by atoms with E-state index in [0.717, 1.165) is 39.7 Å². The van der Waals surface area contributed by atoms with Crippen LogP contribution in [0.4, 0.5) is 0 Å². The first kappa shape index (κ1) is 18.1. The van der Waals surface area contributed by atoms with Gasteiger partial charge in [-0.1, -0.05) is 24.6 Å². The van der Waals surface area contributed by atoms with E-state index in [0.29, 0.717) is 6.61 Å². The molecule has 0 atom stereocenters. The van der Waals surface area contributed by atoms with Gasteiger partial charge in [0.25, 0.3) is 0 Å². The van der Waals surface area contributed by atoms with Crippen LogP contribution in [0.1, 0.15) is 59.6 Å². The van der Waals surface area contributed by atoms with Crippen LogP contribution in [0.25, 0.3) is 10.9 Å². The predicted molar refractivity (Wildman–Crippen MR) is 98.2 cm³/mol. The zero-order valence-corrected chi connectivity index (χ0v) is 16.4. The topological polar surface area (TPSA) is 36.3 Å². The maximum absolute atomic E-state index is 6.01. The Kier molecular flexibility index (Phi) is 5.95. The van der Waals surface area contributed by atoms with Gasteiger partial charge in [0.05, 0.1) is 16.8 Å². The van der Waals surface area contributed by atoms with Crippen molar-refractivity contribution in [2.75, 3.05) is 6.61 Å². The molecule has 0 saturated heterocycles. The van der Waals surface area contributed by atoms with E-state index in [1.165, 1.54) is 12.8 Å². The van der Waals surface area contributed by atoms with E-state index in [9.17, 15) is 0 Å². The summed E-state index contributed by atoms with van der Waals surface area (Å²) in [4.78, 5) is 7.67. The van der Waals surface area contributed by atoms with Crippen LogP contribution >= 0.6 is 15.9 Å². The van der Waals surface area contributed by atoms with Gasteiger partial charge in [-0.25, -0.2) is 0 Å². The summed E-state index contributed by atoms with van der Waals surface area (Å²) >= 11 is 3.60. The number of aryl methyl sites for hydroxylation is 1. The smallest absolute Gasteiger partial charge is 0.135 e. The van der Waals surface area contributed by atoms with Gasteiger partial charge in [0, 0.05) is 11.5 Å². The number of benzene rings is 1. The Labute approximate surface area is 147 Å². The number of aromatic nitrogens is 2. The fourth-order valence-electron chi connectivity index (χ4n) is 2.47. The van der Waals surface area contributed by atoms with E-state index in [2.05, 4.69) is 28.9 Å². The van der Waals surface area contributed by atoms with Crippen molar-refractivity contribution in [2.45, 2.75) is 65.9 Å². The minimum absolute atomic E-state index is 0.307. The summed E-state index contributed by atoms with van der Waals surface area (Å²) in [5, 5.41) is 5.83. The first-order valence-corrected chi connectivity index (χ1v) is 9.18. The standard InChI is InChI=1S/C18H27BrN2O2/c1-6-8-9-10-15-13-11-14(19)17(22-7-2)12-16(13)21(20-15)23-18(3,4)5/h11-12H,6-10H2,1-5H3. The molecule has 0 fully saturated rings. The maximum Gasteiger partial charge on any atom is 0.135 e. The van der Waals surface area contributed by atoms with Crippen molar-refractivity contribution >= 4 is 26.8 Å². The molecule has 4 nitrogen and oxygen atoms in total. The zero-order chi connectivity index (χ0) is 17.0. The third-order valence-corrected chi connectivity index (χ3v) is 4.08. The normalized spacial score (nSPS) is 11.9. The molecule has 1 heterocycles. The fourth-order valence-corrected chi connectivity index (χ4v) is 2.93. The Morgan fingerprint density at radius 3 is 2.52 bits per heavy atom. The molecular weight excluding hydrogens is 356 g/mol. The molecule has 23 heavy (non-hydrogen) atoms. The SMILES string of the molecule is CCCCCc1nn(OC(C)(C)C)c2cc(OCC)c(Br)cc12. The second-order valence-corrected chi connectivity index (χ2v) is 7.57. The van der Waals surface area contributed by atoms with Crippen LogP contribution in [0.3, 0.4) is 0 Å². The largest absolute Gasteiger partial charge is 0.493 e. The van der Waals surface area contributed by atoms with Crippen LogP contribution in [0.2, 0.25) is 0 Å². The summed E-state index contributed by atoms with van der Waals surface area (Å²) in [6.07, 6.45) is 4.52. The number of hydrogen-bond acceptors (Lipinski definition) is 3. The van der Waals surface area contributed by atoms with Gasteiger partial charge in [-0.2, -0.15) is 0 Å². The van der Waals surface area contributed by atoms with Crippen molar-refractivity contribution < 1.29 is 9.57 Å². The lowest BCUT2D eigenvalue weighted by atomic mass is 10.1. The second kappa shape index (κ2) is 7.56. The number of ether oxygens (including phenoxy) is 1. The summed E-state index contributed by atoms with van der Waals surface area (Å²) in [6.45, 7) is 10.9. The van der Waals surface area contributed by atoms with E-state index in [-0.39, 0.29) is 5.60 Å². The van der Waals surface area contributed by atoms with Gasteiger partial charge in [0.1, 0.15) is 16.9 Å². The molecule has 0 aliphatic heterocycles. The Balaban J connectivity index is 2.47. The van der Waals surface area contributed by atoms with Gasteiger partial charge in [-0.15, -0.1) is 5.10 Å². The number of fused-ring (bicyclic) bond motifs is 1. The Morgan fingerprint density at radius 2 is 1.91 bits per heavy atom. The highest BCUT2D eigenvalue weighted by Crippen LogP contribution is 2.32. The van der Waals surface area contributed by atoms with Crippen LogP contribution in [-0.4, -0.2) is 22.2 Å². The molecule has 0 aliphatic carbocycles. The summed E-state index contributed by atoms with van der Waals surface area (Å²) in [5.74, 6) is 0.818. The van der Waals surface area contributed by atoms with Gasteiger partial charge >= 0.3 is 0 Å². The van der Waals surface area contributed by atoms with Gasteiger partial charge in [-0.3, -0.25) is 0 Å². The highest BCUT2D eigenvalue weighted by Gasteiger charge is 2.19. The van der Waals surface area contributed by atoms with Crippen molar-refractivity contribution in [3.8, 4) is 5.75 Å². The fraction of sp³-hybridized carbons (Fsp3) is 0.611. The molecule has 0 spiro atoms. The van der Waals surface area contributed by atoms with E-state index in [4.69, 9.17) is 14.7 Å². The molecule has 2 aromatic rings. The molecule has 2 rings (SSSR count). The second-order valence-electron chi connectivity index (χ2n) is 6.71. The minimum Gasteiger partial charge on any atom is -0.493 e. The quantitative estimate of drug-likeness (QED) is 0.620. The first-order valence-electron chi connectivity index (χ1n) is 8.39. The number of halogens is 1. The Hall–Kier alpha value is -1.23. The summed E-state index contributed by atoms with van der Waals surface area (Å²) in [5.41, 5.74) is 1.73. The number of unbranched alkanes of at least 4 members (excludes halogenated alkanes) is 2. The maximum atomic E-state index is 6.01. The molecule has 0 amide bonds. The van der Waals surface area contributed by atoms with E-state index >= 15 is 0 Å². The summed E-state index contributed by atoms with van der Waals surface area (Å²) in [7, 11) is 0. The van der Waals surface area contributed by atoms with Crippen molar-refractivity contribution in [2.24, 2.45) is 0 Å². The van der Waals surface area contributed by atoms with E-state index in [1.54, 1.807) is 4.85 Å². The molecule has 5 heteroatoms. The molecule has 128 valence electrons. The highest BCUT2D eigenvalue weighted by atomic mass is 79.9. The Bertz CT molecular complexity index is 659. The van der Waals surface area contributed by atoms with Gasteiger partial charge < -0.3 is 9.57 Å². The molecule has 0 N–H and O–H groups in total. The van der Waals surface area contributed by atoms with Gasteiger partial charge in [0.2, 0.25) is 0 Å². The molecule has 1 aromatic carbocycles. The molecule has 1 aromatic heterocycles. The van der Waals surface area contributed by atoms with Crippen LogP contribution in [0.5, 0.6) is 5.75 Å². The first-order chi connectivity index (χ1) is 10.9. The van der Waals surface area contributed by atoms with Crippen molar-refractivity contribution in [1.82, 2.24) is 9.94 Å². The molecule has 0 bridgehead atoms. The predicted octanol–water partition coefficient (Wildman–Crippen LogP) is 5.16. The number of rotatable bonds is 7.